The molecule has 0 fully saturated rings. The van der Waals surface area contributed by atoms with Gasteiger partial charge in [-0.1, -0.05) is 51.8 Å². The smallest absolute Gasteiger partial charge is 0.408 e. The van der Waals surface area contributed by atoms with E-state index in [4.69, 9.17) is 4.74 Å². The third kappa shape index (κ3) is 8.71. The van der Waals surface area contributed by atoms with E-state index in [2.05, 4.69) is 10.6 Å². The van der Waals surface area contributed by atoms with Gasteiger partial charge in [-0.05, 0) is 66.4 Å². The average Bonchev–Trinajstić information content (AvgIpc) is 2.75. The van der Waals surface area contributed by atoms with Crippen molar-refractivity contribution in [2.45, 2.75) is 118 Å². The van der Waals surface area contributed by atoms with Crippen molar-refractivity contribution >= 4 is 17.9 Å². The van der Waals surface area contributed by atoms with Crippen LogP contribution in [0.3, 0.4) is 0 Å². The van der Waals surface area contributed by atoms with Crippen LogP contribution in [0.2, 0.25) is 0 Å². The summed E-state index contributed by atoms with van der Waals surface area (Å²) in [7, 11) is 0. The van der Waals surface area contributed by atoms with Crippen molar-refractivity contribution in [2.24, 2.45) is 5.92 Å². The molecule has 0 heterocycles. The van der Waals surface area contributed by atoms with Crippen LogP contribution in [0.4, 0.5) is 4.79 Å². The topological polar surface area (TPSA) is 108 Å². The first-order valence-electron chi connectivity index (χ1n) is 13.0. The van der Waals surface area contributed by atoms with Crippen molar-refractivity contribution in [3.05, 3.63) is 29.3 Å². The van der Waals surface area contributed by atoms with Crippen LogP contribution in [-0.4, -0.2) is 51.6 Å². The van der Waals surface area contributed by atoms with Crippen LogP contribution in [0.1, 0.15) is 98.7 Å². The summed E-state index contributed by atoms with van der Waals surface area (Å²) in [6.45, 7) is 18.4. The normalized spacial score (nSPS) is 15.0. The number of para-hydroxylation sites is 1. The van der Waals surface area contributed by atoms with Crippen LogP contribution in [-0.2, 0) is 14.3 Å². The number of carbonyl (C=O) groups is 3. The van der Waals surface area contributed by atoms with Gasteiger partial charge in [0.2, 0.25) is 11.8 Å². The molecule has 4 unspecified atom stereocenters. The van der Waals surface area contributed by atoms with Gasteiger partial charge in [0.1, 0.15) is 23.4 Å². The minimum atomic E-state index is -1.08. The highest BCUT2D eigenvalue weighted by Crippen LogP contribution is 2.34. The number of benzene rings is 1. The Labute approximate surface area is 217 Å². The number of aromatic hydroxyl groups is 1. The Hall–Kier alpha value is -2.77. The molecular formula is C28H47N3O5. The van der Waals surface area contributed by atoms with Gasteiger partial charge in [0.25, 0.3) is 0 Å². The van der Waals surface area contributed by atoms with Gasteiger partial charge in [-0.15, -0.1) is 0 Å². The Balaban J connectivity index is 3.58. The maximum Gasteiger partial charge on any atom is 0.408 e. The van der Waals surface area contributed by atoms with Gasteiger partial charge < -0.3 is 25.4 Å². The van der Waals surface area contributed by atoms with Crippen molar-refractivity contribution in [3.8, 4) is 5.75 Å². The molecule has 36 heavy (non-hydrogen) atoms. The summed E-state index contributed by atoms with van der Waals surface area (Å²) in [6.07, 6.45) is 1.60. The molecule has 1 rings (SSSR count). The zero-order chi connectivity index (χ0) is 27.8. The molecule has 0 saturated heterocycles. The number of hydrogen-bond acceptors (Lipinski definition) is 5. The monoisotopic (exact) mass is 505 g/mol. The van der Waals surface area contributed by atoms with Crippen molar-refractivity contribution < 1.29 is 24.2 Å². The van der Waals surface area contributed by atoms with E-state index in [1.54, 1.807) is 45.9 Å². The first-order valence-corrected chi connectivity index (χ1v) is 13.0. The number of rotatable bonds is 11. The number of phenols is 1. The molecule has 0 aliphatic heterocycles. The lowest BCUT2D eigenvalue weighted by Gasteiger charge is -2.39. The Bertz CT molecular complexity index is 894. The first-order chi connectivity index (χ1) is 16.6. The molecule has 8 heteroatoms. The molecule has 0 aliphatic carbocycles. The number of hydrogen-bond donors (Lipinski definition) is 3. The van der Waals surface area contributed by atoms with Gasteiger partial charge in [-0.2, -0.15) is 0 Å². The molecule has 3 N–H and O–H groups in total. The number of aryl methyl sites for hydroxylation is 1. The fourth-order valence-electron chi connectivity index (χ4n) is 4.10. The van der Waals surface area contributed by atoms with E-state index in [9.17, 15) is 19.5 Å². The molecule has 0 aliphatic rings. The molecule has 3 amide bonds. The molecule has 0 bridgehead atoms. The fraction of sp³-hybridized carbons (Fsp3) is 0.679. The summed E-state index contributed by atoms with van der Waals surface area (Å²) in [6, 6.07) is 2.67. The number of ether oxygens (including phenoxy) is 1. The average molecular weight is 506 g/mol. The lowest BCUT2D eigenvalue weighted by molar-refractivity contribution is -0.145. The van der Waals surface area contributed by atoms with Crippen molar-refractivity contribution in [1.82, 2.24) is 15.5 Å². The summed E-state index contributed by atoms with van der Waals surface area (Å²) < 4.78 is 5.42. The van der Waals surface area contributed by atoms with Crippen LogP contribution < -0.4 is 10.6 Å². The van der Waals surface area contributed by atoms with Crippen molar-refractivity contribution in [2.75, 3.05) is 0 Å². The van der Waals surface area contributed by atoms with E-state index in [0.29, 0.717) is 17.5 Å². The highest BCUT2D eigenvalue weighted by Gasteiger charge is 2.40. The van der Waals surface area contributed by atoms with Crippen molar-refractivity contribution in [1.29, 1.82) is 0 Å². The number of nitrogens with zero attached hydrogens (tertiary/aromatic N) is 1. The number of phenolic OH excluding ortho intramolecular Hbond substituents is 1. The van der Waals surface area contributed by atoms with Crippen LogP contribution in [0, 0.1) is 12.8 Å². The van der Waals surface area contributed by atoms with Crippen LogP contribution in [0.15, 0.2) is 18.2 Å². The SMILES string of the molecule is CCCC(C)NC(=O)C(c1cccc(C)c1O)N(C(=O)C(NC(=O)OC(C)(C)C)C(C)CC)C(C)C. The maximum absolute atomic E-state index is 14.1. The minimum absolute atomic E-state index is 0.0283. The summed E-state index contributed by atoms with van der Waals surface area (Å²) in [5.74, 6) is -1.03. The summed E-state index contributed by atoms with van der Waals surface area (Å²) in [5, 5.41) is 16.7. The summed E-state index contributed by atoms with van der Waals surface area (Å²) in [5.41, 5.74) is 0.225. The van der Waals surface area contributed by atoms with E-state index in [1.165, 1.54) is 4.90 Å². The third-order valence-electron chi connectivity index (χ3n) is 6.16. The quantitative estimate of drug-likeness (QED) is 0.382. The van der Waals surface area contributed by atoms with Crippen LogP contribution >= 0.6 is 0 Å². The van der Waals surface area contributed by atoms with E-state index in [1.807, 2.05) is 41.5 Å². The maximum atomic E-state index is 14.1. The van der Waals surface area contributed by atoms with E-state index < -0.39 is 35.7 Å². The molecule has 204 valence electrons. The predicted molar refractivity (Wildman–Crippen MR) is 143 cm³/mol. The second kappa shape index (κ2) is 13.5. The Kier molecular flexibility index (Phi) is 11.7. The molecule has 4 atom stereocenters. The van der Waals surface area contributed by atoms with E-state index in [-0.39, 0.29) is 23.6 Å². The van der Waals surface area contributed by atoms with Crippen LogP contribution in [0.5, 0.6) is 5.75 Å². The summed E-state index contributed by atoms with van der Waals surface area (Å²) >= 11 is 0. The third-order valence-corrected chi connectivity index (χ3v) is 6.16. The molecule has 1 aromatic rings. The molecular weight excluding hydrogens is 458 g/mol. The highest BCUT2D eigenvalue weighted by molar-refractivity contribution is 5.93. The van der Waals surface area contributed by atoms with Gasteiger partial charge >= 0.3 is 6.09 Å². The highest BCUT2D eigenvalue weighted by atomic mass is 16.6. The minimum Gasteiger partial charge on any atom is -0.507 e. The number of carbonyl (C=O) groups excluding carboxylic acids is 3. The molecule has 0 radical (unpaired) electrons. The Morgan fingerprint density at radius 3 is 2.17 bits per heavy atom. The van der Waals surface area contributed by atoms with E-state index >= 15 is 0 Å². The van der Waals surface area contributed by atoms with Crippen LogP contribution in [0.25, 0.3) is 0 Å². The molecule has 0 aromatic heterocycles. The Morgan fingerprint density at radius 2 is 1.67 bits per heavy atom. The lowest BCUT2D eigenvalue weighted by Crippen LogP contribution is -2.57. The zero-order valence-electron chi connectivity index (χ0n) is 23.8. The standard InChI is InChI=1S/C28H47N3O5/c1-11-14-20(7)29-25(33)23(21-16-13-15-19(6)24(21)32)31(17(3)4)26(34)22(18(5)12-2)30-27(35)36-28(8,9)10/h13,15-18,20,22-23,32H,11-12,14H2,1-10H3,(H,29,33)(H,30,35). The molecule has 1 aromatic carbocycles. The largest absolute Gasteiger partial charge is 0.507 e. The van der Waals surface area contributed by atoms with Gasteiger partial charge in [-0.25, -0.2) is 4.79 Å². The lowest BCUT2D eigenvalue weighted by atomic mass is 9.94. The number of amides is 3. The summed E-state index contributed by atoms with van der Waals surface area (Å²) in [4.78, 5) is 41.9. The number of alkyl carbamates (subject to hydrolysis) is 1. The molecule has 0 saturated carbocycles. The van der Waals surface area contributed by atoms with Gasteiger partial charge in [-0.3, -0.25) is 9.59 Å². The number of nitrogens with one attached hydrogen (secondary N) is 2. The van der Waals surface area contributed by atoms with E-state index in [0.717, 1.165) is 12.8 Å². The van der Waals surface area contributed by atoms with Gasteiger partial charge in [0.15, 0.2) is 0 Å². The zero-order valence-corrected chi connectivity index (χ0v) is 23.8. The molecule has 0 spiro atoms. The van der Waals surface area contributed by atoms with Crippen molar-refractivity contribution in [3.63, 3.8) is 0 Å². The second-order valence-corrected chi connectivity index (χ2v) is 11.0. The predicted octanol–water partition coefficient (Wildman–Crippen LogP) is 5.22. The van der Waals surface area contributed by atoms with Gasteiger partial charge in [0.05, 0.1) is 0 Å². The second-order valence-electron chi connectivity index (χ2n) is 11.0. The first kappa shape index (κ1) is 31.3. The molecule has 8 nitrogen and oxygen atoms in total. The fourth-order valence-corrected chi connectivity index (χ4v) is 4.10. The Morgan fingerprint density at radius 1 is 1.06 bits per heavy atom. The van der Waals surface area contributed by atoms with Gasteiger partial charge in [0, 0.05) is 17.6 Å².